The molecule has 13 heavy (non-hydrogen) atoms. The molecule has 1 fully saturated rings. The largest absolute Gasteiger partial charge is 0.391 e. The second-order valence-electron chi connectivity index (χ2n) is 3.48. The Kier molecular flexibility index (Phi) is 4.00. The summed E-state index contributed by atoms with van der Waals surface area (Å²) in [7, 11) is 0. The highest BCUT2D eigenvalue weighted by Gasteiger charge is 2.31. The zero-order valence-electron chi connectivity index (χ0n) is 7.87. The van der Waals surface area contributed by atoms with Crippen LogP contribution in [0.4, 0.5) is 0 Å². The van der Waals surface area contributed by atoms with Crippen LogP contribution in [0.2, 0.25) is 0 Å². The number of rotatable bonds is 3. The molecule has 76 valence electrons. The van der Waals surface area contributed by atoms with Crippen LogP contribution in [-0.4, -0.2) is 40.5 Å². The summed E-state index contributed by atoms with van der Waals surface area (Å²) in [5.74, 6) is 0.431. The Bertz CT molecular complexity index is 184. The maximum atomic E-state index is 11.5. The highest BCUT2D eigenvalue weighted by atomic mass is 35.5. The van der Waals surface area contributed by atoms with E-state index in [0.29, 0.717) is 12.3 Å². The van der Waals surface area contributed by atoms with Gasteiger partial charge in [0.15, 0.2) is 0 Å². The zero-order chi connectivity index (χ0) is 9.84. The van der Waals surface area contributed by atoms with Gasteiger partial charge in [-0.1, -0.05) is 0 Å². The summed E-state index contributed by atoms with van der Waals surface area (Å²) in [6.07, 6.45) is 1.85. The van der Waals surface area contributed by atoms with Crippen LogP contribution < -0.4 is 0 Å². The first-order valence-corrected chi connectivity index (χ1v) is 5.23. The van der Waals surface area contributed by atoms with Gasteiger partial charge >= 0.3 is 0 Å². The first-order chi connectivity index (χ1) is 6.16. The minimum absolute atomic E-state index is 0.00992. The molecule has 0 aromatic carbocycles. The smallest absolute Gasteiger partial charge is 0.224 e. The van der Waals surface area contributed by atoms with Gasteiger partial charge in [0.1, 0.15) is 0 Å². The lowest BCUT2D eigenvalue weighted by atomic mass is 10.1. The fourth-order valence-electron chi connectivity index (χ4n) is 1.83. The monoisotopic (exact) mass is 205 g/mol. The second-order valence-corrected chi connectivity index (χ2v) is 3.85. The Morgan fingerprint density at radius 2 is 2.46 bits per heavy atom. The van der Waals surface area contributed by atoms with Gasteiger partial charge < -0.3 is 10.0 Å². The molecule has 1 aliphatic rings. The molecular formula is C9H16ClNO2. The highest BCUT2D eigenvalue weighted by molar-refractivity contribution is 6.18. The maximum absolute atomic E-state index is 11.5. The van der Waals surface area contributed by atoms with E-state index >= 15 is 0 Å². The lowest BCUT2D eigenvalue weighted by Gasteiger charge is -2.26. The van der Waals surface area contributed by atoms with Crippen molar-refractivity contribution in [3.63, 3.8) is 0 Å². The lowest BCUT2D eigenvalue weighted by molar-refractivity contribution is -0.133. The van der Waals surface area contributed by atoms with Gasteiger partial charge in [0.2, 0.25) is 5.91 Å². The summed E-state index contributed by atoms with van der Waals surface area (Å²) in [4.78, 5) is 13.2. The van der Waals surface area contributed by atoms with Crippen molar-refractivity contribution >= 4 is 17.5 Å². The van der Waals surface area contributed by atoms with E-state index in [-0.39, 0.29) is 11.9 Å². The number of alkyl halides is 1. The molecule has 2 atom stereocenters. The molecule has 0 aromatic heterocycles. The third-order valence-corrected chi connectivity index (χ3v) is 2.67. The SMILES string of the molecule is C[C@H](O)[C@@H]1CCCN1C(=O)CCCl. The summed E-state index contributed by atoms with van der Waals surface area (Å²) >= 11 is 5.49. The number of aliphatic hydroxyl groups is 1. The van der Waals surface area contributed by atoms with Crippen molar-refractivity contribution in [3.8, 4) is 0 Å². The van der Waals surface area contributed by atoms with Gasteiger partial charge in [-0.3, -0.25) is 4.79 Å². The van der Waals surface area contributed by atoms with Crippen molar-refractivity contribution in [2.24, 2.45) is 0 Å². The topological polar surface area (TPSA) is 40.5 Å². The number of likely N-dealkylation sites (tertiary alicyclic amines) is 1. The molecule has 4 heteroatoms. The molecule has 0 spiro atoms. The predicted octanol–water partition coefficient (Wildman–Crippen LogP) is 0.987. The molecule has 1 aliphatic heterocycles. The quantitative estimate of drug-likeness (QED) is 0.699. The van der Waals surface area contributed by atoms with Crippen LogP contribution in [-0.2, 0) is 4.79 Å². The normalized spacial score (nSPS) is 24.8. The average Bonchev–Trinajstić information content (AvgIpc) is 2.52. The van der Waals surface area contributed by atoms with Crippen molar-refractivity contribution in [1.29, 1.82) is 0 Å². The summed E-state index contributed by atoms with van der Waals surface area (Å²) in [6.45, 7) is 2.50. The number of carbonyl (C=O) groups is 1. The fraction of sp³-hybridized carbons (Fsp3) is 0.889. The summed E-state index contributed by atoms with van der Waals surface area (Å²) in [6, 6.07) is 0.00992. The molecule has 1 saturated heterocycles. The third-order valence-electron chi connectivity index (χ3n) is 2.48. The predicted molar refractivity (Wildman–Crippen MR) is 51.8 cm³/mol. The van der Waals surface area contributed by atoms with E-state index in [2.05, 4.69) is 0 Å². The van der Waals surface area contributed by atoms with Gasteiger partial charge in [-0.2, -0.15) is 0 Å². The first-order valence-electron chi connectivity index (χ1n) is 4.70. The minimum atomic E-state index is -0.429. The Morgan fingerprint density at radius 1 is 1.77 bits per heavy atom. The third kappa shape index (κ3) is 2.58. The highest BCUT2D eigenvalue weighted by Crippen LogP contribution is 2.20. The number of halogens is 1. The van der Waals surface area contributed by atoms with Crippen molar-refractivity contribution in [2.75, 3.05) is 12.4 Å². The summed E-state index contributed by atoms with van der Waals surface area (Å²) < 4.78 is 0. The van der Waals surface area contributed by atoms with Crippen molar-refractivity contribution in [1.82, 2.24) is 4.90 Å². The summed E-state index contributed by atoms with van der Waals surface area (Å²) in [5.41, 5.74) is 0. The lowest BCUT2D eigenvalue weighted by Crippen LogP contribution is -2.41. The number of amides is 1. The van der Waals surface area contributed by atoms with Gasteiger partial charge in [0, 0.05) is 18.8 Å². The molecular weight excluding hydrogens is 190 g/mol. The van der Waals surface area contributed by atoms with E-state index in [4.69, 9.17) is 11.6 Å². The molecule has 0 saturated carbocycles. The molecule has 0 aliphatic carbocycles. The van der Waals surface area contributed by atoms with Gasteiger partial charge in [-0.25, -0.2) is 0 Å². The Balaban J connectivity index is 2.52. The molecule has 0 bridgehead atoms. The number of hydrogen-bond donors (Lipinski definition) is 1. The number of hydrogen-bond acceptors (Lipinski definition) is 2. The maximum Gasteiger partial charge on any atom is 0.224 e. The van der Waals surface area contributed by atoms with E-state index in [1.165, 1.54) is 0 Å². The fourth-order valence-corrected chi connectivity index (χ4v) is 1.99. The van der Waals surface area contributed by atoms with E-state index < -0.39 is 6.10 Å². The number of aliphatic hydroxyl groups excluding tert-OH is 1. The molecule has 0 radical (unpaired) electrons. The van der Waals surface area contributed by atoms with Crippen LogP contribution >= 0.6 is 11.6 Å². The van der Waals surface area contributed by atoms with E-state index in [1.807, 2.05) is 0 Å². The number of carbonyl (C=O) groups excluding carboxylic acids is 1. The van der Waals surface area contributed by atoms with Gasteiger partial charge in [0.25, 0.3) is 0 Å². The van der Waals surface area contributed by atoms with Crippen LogP contribution in [0.3, 0.4) is 0 Å². The standard InChI is InChI=1S/C9H16ClNO2/c1-7(12)8-3-2-6-11(8)9(13)4-5-10/h7-8,12H,2-6H2,1H3/t7-,8-/m0/s1. The van der Waals surface area contributed by atoms with Gasteiger partial charge in [-0.05, 0) is 19.8 Å². The molecule has 0 aromatic rings. The average molecular weight is 206 g/mol. The molecule has 3 nitrogen and oxygen atoms in total. The Hall–Kier alpha value is -0.280. The van der Waals surface area contributed by atoms with E-state index in [9.17, 15) is 9.90 Å². The number of nitrogens with zero attached hydrogens (tertiary/aromatic N) is 1. The molecule has 1 N–H and O–H groups in total. The van der Waals surface area contributed by atoms with E-state index in [1.54, 1.807) is 11.8 Å². The van der Waals surface area contributed by atoms with Crippen LogP contribution in [0.25, 0.3) is 0 Å². The Labute approximate surface area is 83.7 Å². The molecule has 1 rings (SSSR count). The van der Waals surface area contributed by atoms with Crippen molar-refractivity contribution < 1.29 is 9.90 Å². The van der Waals surface area contributed by atoms with Gasteiger partial charge in [-0.15, -0.1) is 11.6 Å². The van der Waals surface area contributed by atoms with E-state index in [0.717, 1.165) is 19.4 Å². The second kappa shape index (κ2) is 4.82. The van der Waals surface area contributed by atoms with Crippen LogP contribution in [0.5, 0.6) is 0 Å². The van der Waals surface area contributed by atoms with Crippen LogP contribution in [0, 0.1) is 0 Å². The van der Waals surface area contributed by atoms with Crippen LogP contribution in [0.1, 0.15) is 26.2 Å². The Morgan fingerprint density at radius 3 is 3.00 bits per heavy atom. The van der Waals surface area contributed by atoms with Gasteiger partial charge in [0.05, 0.1) is 12.1 Å². The first kappa shape index (κ1) is 10.8. The zero-order valence-corrected chi connectivity index (χ0v) is 8.63. The molecule has 1 amide bonds. The van der Waals surface area contributed by atoms with Crippen molar-refractivity contribution in [3.05, 3.63) is 0 Å². The molecule has 0 unspecified atom stereocenters. The van der Waals surface area contributed by atoms with Crippen LogP contribution in [0.15, 0.2) is 0 Å². The molecule has 1 heterocycles. The minimum Gasteiger partial charge on any atom is -0.391 e. The summed E-state index contributed by atoms with van der Waals surface area (Å²) in [5, 5.41) is 9.41. The van der Waals surface area contributed by atoms with Crippen molar-refractivity contribution in [2.45, 2.75) is 38.3 Å².